The summed E-state index contributed by atoms with van der Waals surface area (Å²) in [7, 11) is 0. The second-order valence-electron chi connectivity index (χ2n) is 6.05. The Morgan fingerprint density at radius 2 is 2.00 bits per heavy atom. The highest BCUT2D eigenvalue weighted by atomic mass is 16.6. The van der Waals surface area contributed by atoms with Gasteiger partial charge in [-0.15, -0.1) is 0 Å². The van der Waals surface area contributed by atoms with Crippen molar-refractivity contribution in [3.63, 3.8) is 0 Å². The first-order valence-corrected chi connectivity index (χ1v) is 6.95. The molecule has 0 saturated heterocycles. The van der Waals surface area contributed by atoms with Crippen molar-refractivity contribution in [2.45, 2.75) is 52.2 Å². The predicted molar refractivity (Wildman–Crippen MR) is 80.2 cm³/mol. The zero-order chi connectivity index (χ0) is 16.0. The number of benzene rings is 1. The molecule has 1 aromatic rings. The smallest absolute Gasteiger partial charge is 0.408 e. The van der Waals surface area contributed by atoms with E-state index in [0.29, 0.717) is 6.42 Å². The molecule has 0 aliphatic carbocycles. The maximum atomic E-state index is 11.9. The molecule has 1 aromatic carbocycles. The number of carboxylic acids is 1. The van der Waals surface area contributed by atoms with Crippen LogP contribution in [0.5, 0.6) is 0 Å². The van der Waals surface area contributed by atoms with Crippen LogP contribution in [0, 0.1) is 6.92 Å². The predicted octanol–water partition coefficient (Wildman–Crippen LogP) is 3.43. The van der Waals surface area contributed by atoms with E-state index in [0.717, 1.165) is 11.1 Å². The molecule has 5 heteroatoms. The average molecular weight is 293 g/mol. The van der Waals surface area contributed by atoms with Crippen LogP contribution in [-0.2, 0) is 9.53 Å². The number of nitrogens with one attached hydrogen (secondary N) is 1. The van der Waals surface area contributed by atoms with Crippen molar-refractivity contribution in [1.82, 2.24) is 5.32 Å². The van der Waals surface area contributed by atoms with Gasteiger partial charge in [-0.05, 0) is 39.7 Å². The van der Waals surface area contributed by atoms with Crippen molar-refractivity contribution in [2.24, 2.45) is 0 Å². The first-order chi connectivity index (χ1) is 9.67. The number of aliphatic carboxylic acids is 1. The number of hydrogen-bond donors (Lipinski definition) is 2. The first kappa shape index (κ1) is 17.0. The number of carbonyl (C=O) groups is 2. The van der Waals surface area contributed by atoms with Crippen LogP contribution in [0.4, 0.5) is 4.79 Å². The molecule has 5 nitrogen and oxygen atoms in total. The molecule has 0 fully saturated rings. The molecule has 0 aromatic heterocycles. The van der Waals surface area contributed by atoms with E-state index in [1.165, 1.54) is 0 Å². The molecule has 1 atom stereocenters. The Morgan fingerprint density at radius 3 is 2.52 bits per heavy atom. The molecule has 0 aliphatic rings. The number of amides is 1. The zero-order valence-corrected chi connectivity index (χ0v) is 13.0. The maximum absolute atomic E-state index is 11.9. The third-order valence-electron chi connectivity index (χ3n) is 2.78. The third kappa shape index (κ3) is 6.79. The molecule has 1 rings (SSSR count). The van der Waals surface area contributed by atoms with Gasteiger partial charge in [-0.2, -0.15) is 0 Å². The third-order valence-corrected chi connectivity index (χ3v) is 2.78. The molecular formula is C16H23NO4. The molecule has 1 amide bonds. The Bertz CT molecular complexity index is 505. The van der Waals surface area contributed by atoms with Crippen molar-refractivity contribution in [3.8, 4) is 0 Å². The van der Waals surface area contributed by atoms with E-state index in [4.69, 9.17) is 9.84 Å². The van der Waals surface area contributed by atoms with Gasteiger partial charge in [0.25, 0.3) is 0 Å². The summed E-state index contributed by atoms with van der Waals surface area (Å²) < 4.78 is 5.23. The van der Waals surface area contributed by atoms with Gasteiger partial charge in [0, 0.05) is 6.42 Å². The minimum absolute atomic E-state index is 0.0194. The van der Waals surface area contributed by atoms with E-state index in [1.54, 1.807) is 20.8 Å². The number of rotatable bonds is 5. The number of alkyl carbamates (subject to hydrolysis) is 1. The van der Waals surface area contributed by atoms with Crippen LogP contribution in [-0.4, -0.2) is 22.8 Å². The van der Waals surface area contributed by atoms with Crippen LogP contribution >= 0.6 is 0 Å². The Kier molecular flexibility index (Phi) is 5.76. The fourth-order valence-corrected chi connectivity index (χ4v) is 1.93. The molecule has 0 aliphatic heterocycles. The van der Waals surface area contributed by atoms with Crippen LogP contribution in [0.15, 0.2) is 24.3 Å². The van der Waals surface area contributed by atoms with Gasteiger partial charge in [0.05, 0.1) is 6.04 Å². The lowest BCUT2D eigenvalue weighted by Gasteiger charge is -2.24. The van der Waals surface area contributed by atoms with Gasteiger partial charge < -0.3 is 15.2 Å². The van der Waals surface area contributed by atoms with Crippen molar-refractivity contribution >= 4 is 12.1 Å². The lowest BCUT2D eigenvalue weighted by atomic mass is 10.0. The number of ether oxygens (including phenoxy) is 1. The van der Waals surface area contributed by atoms with E-state index in [1.807, 2.05) is 31.2 Å². The van der Waals surface area contributed by atoms with E-state index in [-0.39, 0.29) is 12.5 Å². The van der Waals surface area contributed by atoms with E-state index < -0.39 is 17.7 Å². The number of aryl methyl sites for hydroxylation is 1. The number of carbonyl (C=O) groups excluding carboxylic acids is 1. The van der Waals surface area contributed by atoms with Gasteiger partial charge in [0.1, 0.15) is 5.60 Å². The topological polar surface area (TPSA) is 75.6 Å². The minimum atomic E-state index is -0.890. The second kappa shape index (κ2) is 7.11. The summed E-state index contributed by atoms with van der Waals surface area (Å²) in [6.07, 6.45) is -0.244. The molecule has 1 unspecified atom stereocenters. The maximum Gasteiger partial charge on any atom is 0.408 e. The summed E-state index contributed by atoms with van der Waals surface area (Å²) >= 11 is 0. The van der Waals surface area contributed by atoms with Crippen molar-refractivity contribution in [1.29, 1.82) is 0 Å². The monoisotopic (exact) mass is 293 g/mol. The summed E-state index contributed by atoms with van der Waals surface area (Å²) in [6, 6.07) is 7.26. The highest BCUT2D eigenvalue weighted by Crippen LogP contribution is 2.20. The standard InChI is InChI=1S/C16H23NO4/c1-11-6-5-7-12(10-11)13(8-9-14(18)19)17-15(20)21-16(2,3)4/h5-7,10,13H,8-9H2,1-4H3,(H,17,20)(H,18,19). The second-order valence-corrected chi connectivity index (χ2v) is 6.05. The number of hydrogen-bond acceptors (Lipinski definition) is 3. The molecule has 0 bridgehead atoms. The number of carboxylic acid groups (broad SMARTS) is 1. The van der Waals surface area contributed by atoms with Crippen LogP contribution in [0.3, 0.4) is 0 Å². The van der Waals surface area contributed by atoms with E-state index >= 15 is 0 Å². The minimum Gasteiger partial charge on any atom is -0.481 e. The highest BCUT2D eigenvalue weighted by molar-refractivity contribution is 5.69. The van der Waals surface area contributed by atoms with E-state index in [2.05, 4.69) is 5.32 Å². The summed E-state index contributed by atoms with van der Waals surface area (Å²) in [6.45, 7) is 7.30. The van der Waals surface area contributed by atoms with Gasteiger partial charge in [0.2, 0.25) is 0 Å². The van der Waals surface area contributed by atoms with Crippen LogP contribution in [0.25, 0.3) is 0 Å². The molecule has 0 heterocycles. The van der Waals surface area contributed by atoms with Gasteiger partial charge in [-0.1, -0.05) is 29.8 Å². The van der Waals surface area contributed by atoms with Crippen molar-refractivity contribution in [2.75, 3.05) is 0 Å². The molecular weight excluding hydrogens is 270 g/mol. The van der Waals surface area contributed by atoms with Gasteiger partial charge in [0.15, 0.2) is 0 Å². The summed E-state index contributed by atoms with van der Waals surface area (Å²) in [5.74, 6) is -0.890. The van der Waals surface area contributed by atoms with E-state index in [9.17, 15) is 9.59 Å². The molecule has 0 saturated carbocycles. The lowest BCUT2D eigenvalue weighted by Crippen LogP contribution is -2.35. The Labute approximate surface area is 125 Å². The Balaban J connectivity index is 2.82. The molecule has 0 spiro atoms. The summed E-state index contributed by atoms with van der Waals surface area (Å²) in [5, 5.41) is 11.6. The van der Waals surface area contributed by atoms with Crippen LogP contribution < -0.4 is 5.32 Å². The van der Waals surface area contributed by atoms with Gasteiger partial charge >= 0.3 is 12.1 Å². The average Bonchev–Trinajstić information content (AvgIpc) is 2.32. The Hall–Kier alpha value is -2.04. The van der Waals surface area contributed by atoms with Crippen LogP contribution in [0.2, 0.25) is 0 Å². The molecule has 116 valence electrons. The SMILES string of the molecule is Cc1cccc(C(CCC(=O)O)NC(=O)OC(C)(C)C)c1. The van der Waals surface area contributed by atoms with Crippen molar-refractivity contribution in [3.05, 3.63) is 35.4 Å². The highest BCUT2D eigenvalue weighted by Gasteiger charge is 2.21. The lowest BCUT2D eigenvalue weighted by molar-refractivity contribution is -0.137. The normalized spacial score (nSPS) is 12.6. The zero-order valence-electron chi connectivity index (χ0n) is 13.0. The summed E-state index contributed by atoms with van der Waals surface area (Å²) in [4.78, 5) is 22.7. The molecule has 2 N–H and O–H groups in total. The first-order valence-electron chi connectivity index (χ1n) is 6.95. The Morgan fingerprint density at radius 1 is 1.33 bits per heavy atom. The molecule has 21 heavy (non-hydrogen) atoms. The fourth-order valence-electron chi connectivity index (χ4n) is 1.93. The van der Waals surface area contributed by atoms with Crippen LogP contribution in [0.1, 0.15) is 50.8 Å². The van der Waals surface area contributed by atoms with Crippen molar-refractivity contribution < 1.29 is 19.4 Å². The fraction of sp³-hybridized carbons (Fsp3) is 0.500. The summed E-state index contributed by atoms with van der Waals surface area (Å²) in [5.41, 5.74) is 1.34. The largest absolute Gasteiger partial charge is 0.481 e. The van der Waals surface area contributed by atoms with Gasteiger partial charge in [-0.25, -0.2) is 4.79 Å². The quantitative estimate of drug-likeness (QED) is 0.872. The molecule has 0 radical (unpaired) electrons. The van der Waals surface area contributed by atoms with Gasteiger partial charge in [-0.3, -0.25) is 4.79 Å².